The molecule has 0 atom stereocenters. The van der Waals surface area contributed by atoms with Gasteiger partial charge in [0, 0.05) is 23.6 Å². The molecule has 0 fully saturated rings. The molecule has 0 aliphatic heterocycles. The highest BCUT2D eigenvalue weighted by molar-refractivity contribution is 7.89. The predicted molar refractivity (Wildman–Crippen MR) is 98.4 cm³/mol. The van der Waals surface area contributed by atoms with Gasteiger partial charge in [0.25, 0.3) is 5.91 Å². The summed E-state index contributed by atoms with van der Waals surface area (Å²) < 4.78 is 25.9. The molecule has 1 heterocycles. The minimum Gasteiger partial charge on any atom is -0.360 e. The van der Waals surface area contributed by atoms with Crippen LogP contribution in [-0.2, 0) is 16.6 Å². The lowest BCUT2D eigenvalue weighted by molar-refractivity contribution is 0.0949. The fourth-order valence-electron chi connectivity index (χ4n) is 2.55. The second-order valence-electron chi connectivity index (χ2n) is 5.61. The van der Waals surface area contributed by atoms with Gasteiger partial charge in [0.05, 0.1) is 4.90 Å². The number of aromatic amines is 1. The number of benzene rings is 2. The van der Waals surface area contributed by atoms with Crippen LogP contribution in [0.4, 0.5) is 0 Å². The van der Waals surface area contributed by atoms with Crippen LogP contribution in [0, 0.1) is 0 Å². The first-order valence-electron chi connectivity index (χ1n) is 7.83. The zero-order valence-electron chi connectivity index (χ0n) is 13.9. The number of nitrogens with one attached hydrogen (secondary N) is 3. The van der Waals surface area contributed by atoms with Crippen LogP contribution in [0.1, 0.15) is 15.9 Å². The van der Waals surface area contributed by atoms with Crippen LogP contribution in [0.5, 0.6) is 0 Å². The molecule has 0 radical (unpaired) electrons. The third-order valence-electron chi connectivity index (χ3n) is 3.96. The first kappa shape index (κ1) is 17.8. The molecule has 26 heavy (non-hydrogen) atoms. The van der Waals surface area contributed by atoms with E-state index >= 15 is 0 Å². The van der Waals surface area contributed by atoms with Crippen molar-refractivity contribution in [1.29, 1.82) is 0 Å². The van der Waals surface area contributed by atoms with Gasteiger partial charge in [-0.3, -0.25) is 9.59 Å². The Hall–Kier alpha value is -2.97. The number of carbonyl (C=O) groups excluding carboxylic acids is 1. The molecule has 7 nitrogen and oxygen atoms in total. The number of amides is 1. The Morgan fingerprint density at radius 1 is 1.12 bits per heavy atom. The first-order chi connectivity index (χ1) is 12.4. The van der Waals surface area contributed by atoms with E-state index in [-0.39, 0.29) is 22.4 Å². The van der Waals surface area contributed by atoms with Gasteiger partial charge >= 0.3 is 0 Å². The summed E-state index contributed by atoms with van der Waals surface area (Å²) in [6, 6.07) is 13.1. The van der Waals surface area contributed by atoms with Crippen LogP contribution in [-0.4, -0.2) is 26.4 Å². The molecule has 1 amide bonds. The summed E-state index contributed by atoms with van der Waals surface area (Å²) in [6.07, 6.45) is 1.38. The summed E-state index contributed by atoms with van der Waals surface area (Å²) in [5, 5.41) is 3.08. The van der Waals surface area contributed by atoms with Crippen molar-refractivity contribution in [3.63, 3.8) is 0 Å². The fourth-order valence-corrected chi connectivity index (χ4v) is 3.35. The normalized spacial score (nSPS) is 11.4. The summed E-state index contributed by atoms with van der Waals surface area (Å²) in [5.74, 6) is -0.529. The molecule has 0 aliphatic rings. The monoisotopic (exact) mass is 371 g/mol. The minimum atomic E-state index is -3.56. The van der Waals surface area contributed by atoms with E-state index in [4.69, 9.17) is 0 Å². The highest BCUT2D eigenvalue weighted by Crippen LogP contribution is 2.11. The Labute approximate surface area is 150 Å². The number of carbonyl (C=O) groups is 1. The number of hydrogen-bond acceptors (Lipinski definition) is 4. The van der Waals surface area contributed by atoms with E-state index in [0.717, 1.165) is 0 Å². The van der Waals surface area contributed by atoms with Crippen molar-refractivity contribution in [3.05, 3.63) is 76.1 Å². The number of H-pyrrole nitrogens is 1. The quantitative estimate of drug-likeness (QED) is 0.629. The van der Waals surface area contributed by atoms with E-state index in [1.807, 2.05) is 0 Å². The van der Waals surface area contributed by atoms with Crippen LogP contribution < -0.4 is 15.5 Å². The van der Waals surface area contributed by atoms with Gasteiger partial charge in [0.1, 0.15) is 5.56 Å². The van der Waals surface area contributed by atoms with Crippen LogP contribution >= 0.6 is 0 Å². The molecule has 134 valence electrons. The van der Waals surface area contributed by atoms with Crippen molar-refractivity contribution >= 4 is 26.8 Å². The lowest BCUT2D eigenvalue weighted by Gasteiger charge is -2.08. The Balaban J connectivity index is 1.81. The van der Waals surface area contributed by atoms with Gasteiger partial charge in [-0.05, 0) is 36.9 Å². The Morgan fingerprint density at radius 2 is 1.88 bits per heavy atom. The van der Waals surface area contributed by atoms with E-state index in [1.54, 1.807) is 36.4 Å². The molecule has 0 aliphatic carbocycles. The maximum Gasteiger partial charge on any atom is 0.257 e. The van der Waals surface area contributed by atoms with Crippen LogP contribution in [0.15, 0.2) is 64.4 Å². The average Bonchev–Trinajstić information content (AvgIpc) is 2.67. The molecule has 0 unspecified atom stereocenters. The molecule has 3 rings (SSSR count). The second-order valence-corrected chi connectivity index (χ2v) is 7.50. The predicted octanol–water partition coefficient (Wildman–Crippen LogP) is 1.37. The van der Waals surface area contributed by atoms with Crippen LogP contribution in [0.3, 0.4) is 0 Å². The van der Waals surface area contributed by atoms with Gasteiger partial charge in [-0.25, -0.2) is 13.1 Å². The van der Waals surface area contributed by atoms with Crippen molar-refractivity contribution in [2.75, 3.05) is 7.05 Å². The van der Waals surface area contributed by atoms with Gasteiger partial charge < -0.3 is 10.3 Å². The van der Waals surface area contributed by atoms with E-state index in [9.17, 15) is 18.0 Å². The van der Waals surface area contributed by atoms with Crippen molar-refractivity contribution in [2.45, 2.75) is 11.4 Å². The summed E-state index contributed by atoms with van der Waals surface area (Å²) in [7, 11) is -2.23. The summed E-state index contributed by atoms with van der Waals surface area (Å²) >= 11 is 0. The first-order valence-corrected chi connectivity index (χ1v) is 9.32. The minimum absolute atomic E-state index is 0.00250. The summed E-state index contributed by atoms with van der Waals surface area (Å²) in [4.78, 5) is 27.8. The number of aromatic nitrogens is 1. The molecule has 0 spiro atoms. The third-order valence-corrected chi connectivity index (χ3v) is 5.38. The fraction of sp³-hybridized carbons (Fsp3) is 0.111. The van der Waals surface area contributed by atoms with E-state index < -0.39 is 15.9 Å². The number of pyridine rings is 1. The second kappa shape index (κ2) is 7.11. The maximum absolute atomic E-state index is 12.4. The van der Waals surface area contributed by atoms with Gasteiger partial charge in [-0.15, -0.1) is 0 Å². The van der Waals surface area contributed by atoms with Gasteiger partial charge in [-0.2, -0.15) is 0 Å². The number of para-hydroxylation sites is 1. The number of rotatable bonds is 5. The molecule has 3 aromatic rings. The highest BCUT2D eigenvalue weighted by atomic mass is 32.2. The lowest BCUT2D eigenvalue weighted by Crippen LogP contribution is -2.28. The highest BCUT2D eigenvalue weighted by Gasteiger charge is 2.14. The third kappa shape index (κ3) is 3.51. The maximum atomic E-state index is 12.4. The Kier molecular flexibility index (Phi) is 4.88. The van der Waals surface area contributed by atoms with E-state index in [0.29, 0.717) is 16.5 Å². The zero-order valence-corrected chi connectivity index (χ0v) is 14.8. The molecule has 8 heteroatoms. The molecule has 0 bridgehead atoms. The molecular formula is C18H17N3O4S. The van der Waals surface area contributed by atoms with E-state index in [2.05, 4.69) is 15.0 Å². The van der Waals surface area contributed by atoms with Gasteiger partial charge in [0.2, 0.25) is 15.5 Å². The topological polar surface area (TPSA) is 108 Å². The van der Waals surface area contributed by atoms with Crippen LogP contribution in [0.2, 0.25) is 0 Å². The molecular weight excluding hydrogens is 354 g/mol. The van der Waals surface area contributed by atoms with Gasteiger partial charge in [-0.1, -0.05) is 24.3 Å². The molecule has 0 saturated heterocycles. The molecule has 1 aromatic heterocycles. The summed E-state index contributed by atoms with van der Waals surface area (Å²) in [6.45, 7) is 0.0954. The van der Waals surface area contributed by atoms with Crippen molar-refractivity contribution < 1.29 is 13.2 Å². The average molecular weight is 371 g/mol. The zero-order chi connectivity index (χ0) is 18.7. The standard InChI is InChI=1S/C18H17N3O4S/c1-19-26(24,25)13-6-4-5-12(9-13)10-21-18(23)15-11-20-16-8-3-2-7-14(16)17(15)22/h2-9,11,19H,10H2,1H3,(H,20,22)(H,21,23). The van der Waals surface area contributed by atoms with Crippen molar-refractivity contribution in [1.82, 2.24) is 15.0 Å². The van der Waals surface area contributed by atoms with Crippen molar-refractivity contribution in [3.8, 4) is 0 Å². The Morgan fingerprint density at radius 3 is 2.65 bits per heavy atom. The smallest absolute Gasteiger partial charge is 0.257 e. The largest absolute Gasteiger partial charge is 0.360 e. The summed E-state index contributed by atoms with van der Waals surface area (Å²) in [5.41, 5.74) is 0.900. The SMILES string of the molecule is CNS(=O)(=O)c1cccc(CNC(=O)c2c[nH]c3ccccc3c2=O)c1. The number of sulfonamides is 1. The van der Waals surface area contributed by atoms with E-state index in [1.165, 1.54) is 25.4 Å². The van der Waals surface area contributed by atoms with Crippen LogP contribution in [0.25, 0.3) is 10.9 Å². The van der Waals surface area contributed by atoms with Crippen molar-refractivity contribution in [2.24, 2.45) is 0 Å². The molecule has 3 N–H and O–H groups in total. The lowest BCUT2D eigenvalue weighted by atomic mass is 10.1. The number of hydrogen-bond donors (Lipinski definition) is 3. The molecule has 2 aromatic carbocycles. The number of fused-ring (bicyclic) bond motifs is 1. The van der Waals surface area contributed by atoms with Gasteiger partial charge in [0.15, 0.2) is 0 Å². The Bertz CT molecular complexity index is 1140. The molecule has 0 saturated carbocycles.